The zero-order chi connectivity index (χ0) is 23.3. The lowest BCUT2D eigenvalue weighted by atomic mass is 9.91. The second-order valence-corrected chi connectivity index (χ2v) is 9.13. The van der Waals surface area contributed by atoms with Crippen LogP contribution in [0.1, 0.15) is 34.3 Å². The Bertz CT molecular complexity index is 1110. The third-order valence-electron chi connectivity index (χ3n) is 5.64. The first kappa shape index (κ1) is 22.6. The van der Waals surface area contributed by atoms with E-state index in [-0.39, 0.29) is 17.7 Å². The van der Waals surface area contributed by atoms with E-state index in [1.54, 1.807) is 13.0 Å². The standard InChI is InChI=1S/C26H25N3O3S/c1-26(24(31)28-25(32)29-26)17-33-22-15-9-8-14-20(22)23(30)27-16-21(18-10-4-2-5-11-18)19-12-6-3-7-13-19/h2-15,21H,16-17H2,1H3,(H,27,30)(H2,28,29,31,32)/t26-/m0/s1. The highest BCUT2D eigenvalue weighted by atomic mass is 32.2. The number of carbonyl (C=O) groups excluding carboxylic acids is 3. The highest BCUT2D eigenvalue weighted by Crippen LogP contribution is 2.28. The topological polar surface area (TPSA) is 87.3 Å². The van der Waals surface area contributed by atoms with Crippen molar-refractivity contribution in [1.82, 2.24) is 16.0 Å². The first-order valence-electron chi connectivity index (χ1n) is 10.7. The van der Waals surface area contributed by atoms with E-state index in [1.807, 2.05) is 54.6 Å². The minimum Gasteiger partial charge on any atom is -0.351 e. The van der Waals surface area contributed by atoms with Gasteiger partial charge in [0.25, 0.3) is 11.8 Å². The lowest BCUT2D eigenvalue weighted by Gasteiger charge is -2.21. The Morgan fingerprint density at radius 1 is 0.909 bits per heavy atom. The Kier molecular flexibility index (Phi) is 6.79. The molecule has 0 aromatic heterocycles. The molecule has 1 saturated heterocycles. The molecule has 1 aliphatic heterocycles. The summed E-state index contributed by atoms with van der Waals surface area (Å²) >= 11 is 1.37. The number of hydrogen-bond donors (Lipinski definition) is 3. The molecule has 33 heavy (non-hydrogen) atoms. The molecule has 3 N–H and O–H groups in total. The first-order chi connectivity index (χ1) is 16.0. The predicted octanol–water partition coefficient (Wildman–Crippen LogP) is 3.94. The van der Waals surface area contributed by atoms with Crippen LogP contribution in [0.2, 0.25) is 0 Å². The van der Waals surface area contributed by atoms with E-state index in [9.17, 15) is 14.4 Å². The Hall–Kier alpha value is -3.58. The maximum atomic E-state index is 13.2. The normalized spacial score (nSPS) is 17.5. The van der Waals surface area contributed by atoms with Gasteiger partial charge >= 0.3 is 6.03 Å². The van der Waals surface area contributed by atoms with Crippen molar-refractivity contribution in [2.75, 3.05) is 12.3 Å². The van der Waals surface area contributed by atoms with Crippen LogP contribution in [0.4, 0.5) is 4.79 Å². The lowest BCUT2D eigenvalue weighted by molar-refractivity contribution is -0.122. The van der Waals surface area contributed by atoms with E-state index in [0.29, 0.717) is 17.9 Å². The molecule has 0 unspecified atom stereocenters. The molecule has 1 heterocycles. The number of amides is 4. The minimum absolute atomic E-state index is 0.0208. The summed E-state index contributed by atoms with van der Waals surface area (Å²) < 4.78 is 0. The zero-order valence-electron chi connectivity index (χ0n) is 18.2. The van der Waals surface area contributed by atoms with E-state index in [4.69, 9.17) is 0 Å². The third-order valence-corrected chi connectivity index (χ3v) is 7.02. The van der Waals surface area contributed by atoms with Crippen LogP contribution in [0, 0.1) is 0 Å². The zero-order valence-corrected chi connectivity index (χ0v) is 19.0. The van der Waals surface area contributed by atoms with E-state index >= 15 is 0 Å². The van der Waals surface area contributed by atoms with Gasteiger partial charge in [-0.1, -0.05) is 72.8 Å². The highest BCUT2D eigenvalue weighted by Gasteiger charge is 2.41. The average molecular weight is 460 g/mol. The van der Waals surface area contributed by atoms with Crippen molar-refractivity contribution >= 4 is 29.6 Å². The molecule has 0 spiro atoms. The molecular weight excluding hydrogens is 434 g/mol. The van der Waals surface area contributed by atoms with Gasteiger partial charge in [0.2, 0.25) is 0 Å². The Labute approximate surface area is 197 Å². The van der Waals surface area contributed by atoms with E-state index in [1.165, 1.54) is 11.8 Å². The molecule has 3 aromatic rings. The van der Waals surface area contributed by atoms with Crippen LogP contribution >= 0.6 is 11.8 Å². The van der Waals surface area contributed by atoms with Crippen molar-refractivity contribution in [3.63, 3.8) is 0 Å². The van der Waals surface area contributed by atoms with Gasteiger partial charge in [0.15, 0.2) is 0 Å². The maximum Gasteiger partial charge on any atom is 0.322 e. The number of benzene rings is 3. The molecule has 6 nitrogen and oxygen atoms in total. The molecule has 4 rings (SSSR count). The van der Waals surface area contributed by atoms with Crippen molar-refractivity contribution < 1.29 is 14.4 Å². The van der Waals surface area contributed by atoms with Gasteiger partial charge in [-0.05, 0) is 30.2 Å². The van der Waals surface area contributed by atoms with Gasteiger partial charge in [0.05, 0.1) is 5.56 Å². The van der Waals surface area contributed by atoms with Crippen molar-refractivity contribution in [2.45, 2.75) is 23.3 Å². The SMILES string of the molecule is C[C@@]1(CSc2ccccc2C(=O)NCC(c2ccccc2)c2ccccc2)NC(=O)NC1=O. The van der Waals surface area contributed by atoms with Gasteiger partial charge < -0.3 is 10.6 Å². The summed E-state index contributed by atoms with van der Waals surface area (Å²) in [6.45, 7) is 2.12. The van der Waals surface area contributed by atoms with Crippen LogP contribution < -0.4 is 16.0 Å². The lowest BCUT2D eigenvalue weighted by Crippen LogP contribution is -2.46. The second kappa shape index (κ2) is 9.92. The summed E-state index contributed by atoms with van der Waals surface area (Å²) in [6, 6.07) is 27.0. The molecule has 1 atom stereocenters. The highest BCUT2D eigenvalue weighted by molar-refractivity contribution is 7.99. The molecule has 0 bridgehead atoms. The van der Waals surface area contributed by atoms with Crippen molar-refractivity contribution in [2.24, 2.45) is 0 Å². The molecule has 168 valence electrons. The smallest absolute Gasteiger partial charge is 0.322 e. The summed E-state index contributed by atoms with van der Waals surface area (Å²) in [5, 5.41) is 8.01. The number of rotatable bonds is 8. The first-order valence-corrected chi connectivity index (χ1v) is 11.7. The van der Waals surface area contributed by atoms with Crippen molar-refractivity contribution in [3.05, 3.63) is 102 Å². The fourth-order valence-electron chi connectivity index (χ4n) is 3.77. The molecule has 1 aliphatic rings. The fourth-order valence-corrected chi connectivity index (χ4v) is 4.91. The Morgan fingerprint density at radius 2 is 1.48 bits per heavy atom. The van der Waals surface area contributed by atoms with Crippen LogP contribution in [-0.2, 0) is 4.79 Å². The largest absolute Gasteiger partial charge is 0.351 e. The summed E-state index contributed by atoms with van der Waals surface area (Å²) in [7, 11) is 0. The van der Waals surface area contributed by atoms with Gasteiger partial charge in [-0.25, -0.2) is 4.79 Å². The number of urea groups is 1. The van der Waals surface area contributed by atoms with Gasteiger partial charge in [-0.15, -0.1) is 11.8 Å². The van der Waals surface area contributed by atoms with Crippen molar-refractivity contribution in [3.8, 4) is 0 Å². The van der Waals surface area contributed by atoms with Gasteiger partial charge in [-0.2, -0.15) is 0 Å². The predicted molar refractivity (Wildman–Crippen MR) is 129 cm³/mol. The Balaban J connectivity index is 1.48. The van der Waals surface area contributed by atoms with Crippen molar-refractivity contribution in [1.29, 1.82) is 0 Å². The molecule has 0 radical (unpaired) electrons. The fraction of sp³-hybridized carbons (Fsp3) is 0.192. The maximum absolute atomic E-state index is 13.2. The molecule has 4 amide bonds. The molecule has 3 aromatic carbocycles. The van der Waals surface area contributed by atoms with Gasteiger partial charge in [0.1, 0.15) is 5.54 Å². The quantitative estimate of drug-likeness (QED) is 0.352. The van der Waals surface area contributed by atoms with Crippen LogP contribution in [0.25, 0.3) is 0 Å². The van der Waals surface area contributed by atoms with E-state index in [0.717, 1.165) is 16.0 Å². The Morgan fingerprint density at radius 3 is 2.06 bits per heavy atom. The number of hydrogen-bond acceptors (Lipinski definition) is 4. The molecule has 1 fully saturated rings. The summed E-state index contributed by atoms with van der Waals surface area (Å²) in [5.41, 5.74) is 1.78. The summed E-state index contributed by atoms with van der Waals surface area (Å²) in [6.07, 6.45) is 0. The number of carbonyl (C=O) groups is 3. The van der Waals surface area contributed by atoms with E-state index < -0.39 is 11.6 Å². The number of imide groups is 1. The van der Waals surface area contributed by atoms with E-state index in [2.05, 4.69) is 40.2 Å². The monoisotopic (exact) mass is 459 g/mol. The van der Waals surface area contributed by atoms with Crippen LogP contribution in [0.3, 0.4) is 0 Å². The molecule has 0 saturated carbocycles. The molecule has 7 heteroatoms. The average Bonchev–Trinajstić information content (AvgIpc) is 3.10. The minimum atomic E-state index is -1.02. The summed E-state index contributed by atoms with van der Waals surface area (Å²) in [5.74, 6) is -0.214. The van der Waals surface area contributed by atoms with Gasteiger partial charge in [-0.3, -0.25) is 14.9 Å². The molecule has 0 aliphatic carbocycles. The second-order valence-electron chi connectivity index (χ2n) is 8.11. The number of thioether (sulfide) groups is 1. The van der Waals surface area contributed by atoms with Crippen LogP contribution in [0.5, 0.6) is 0 Å². The number of nitrogens with one attached hydrogen (secondary N) is 3. The molecular formula is C26H25N3O3S. The van der Waals surface area contributed by atoms with Crippen LogP contribution in [0.15, 0.2) is 89.8 Å². The van der Waals surface area contributed by atoms with Crippen LogP contribution in [-0.4, -0.2) is 35.7 Å². The third kappa shape index (κ3) is 5.26. The van der Waals surface area contributed by atoms with Gasteiger partial charge in [0, 0.05) is 23.1 Å². The summed E-state index contributed by atoms with van der Waals surface area (Å²) in [4.78, 5) is 37.5.